The highest BCUT2D eigenvalue weighted by Crippen LogP contribution is 2.28. The van der Waals surface area contributed by atoms with E-state index < -0.39 is 0 Å². The van der Waals surface area contributed by atoms with Gasteiger partial charge < -0.3 is 24.8 Å². The normalized spacial score (nSPS) is 19.6. The predicted octanol–water partition coefficient (Wildman–Crippen LogP) is 2.88. The number of rotatable bonds is 8. The zero-order valence-electron chi connectivity index (χ0n) is 17.4. The fourth-order valence-electron chi connectivity index (χ4n) is 3.41. The number of carbonyl (C=O) groups excluding carboxylic acids is 1. The first-order valence-electron chi connectivity index (χ1n) is 10.0. The summed E-state index contributed by atoms with van der Waals surface area (Å²) in [6.07, 6.45) is 3.57. The van der Waals surface area contributed by atoms with E-state index in [2.05, 4.69) is 15.6 Å². The second-order valence-electron chi connectivity index (χ2n) is 6.79. The molecule has 7 heteroatoms. The van der Waals surface area contributed by atoms with Crippen molar-refractivity contribution >= 4 is 11.9 Å². The van der Waals surface area contributed by atoms with Gasteiger partial charge in [0.15, 0.2) is 17.5 Å². The molecule has 1 aromatic carbocycles. The van der Waals surface area contributed by atoms with E-state index in [0.717, 1.165) is 48.7 Å². The average molecular weight is 392 g/mol. The van der Waals surface area contributed by atoms with Crippen molar-refractivity contribution in [3.8, 4) is 11.5 Å². The third-order valence-electron chi connectivity index (χ3n) is 4.90. The Balaban J connectivity index is 1.84. The molecule has 1 aromatic rings. The molecule has 7 nitrogen and oxygen atoms in total. The van der Waals surface area contributed by atoms with Crippen LogP contribution in [0.4, 0.5) is 0 Å². The number of nitrogens with one attached hydrogen (secondary N) is 2. The number of methoxy groups -OCH3 is 1. The lowest BCUT2D eigenvalue weighted by atomic mass is 9.86. The fourth-order valence-corrected chi connectivity index (χ4v) is 3.41. The van der Waals surface area contributed by atoms with E-state index in [1.54, 1.807) is 14.2 Å². The van der Waals surface area contributed by atoms with Gasteiger partial charge in [-0.3, -0.25) is 9.79 Å². The molecule has 0 unspecified atom stereocenters. The lowest BCUT2D eigenvalue weighted by Gasteiger charge is -2.29. The second kappa shape index (κ2) is 11.4. The third-order valence-corrected chi connectivity index (χ3v) is 4.90. The number of esters is 1. The number of aliphatic imine (C=N–C) groups is 1. The van der Waals surface area contributed by atoms with E-state index in [4.69, 9.17) is 14.2 Å². The maximum Gasteiger partial charge on any atom is 0.308 e. The van der Waals surface area contributed by atoms with Crippen molar-refractivity contribution in [3.05, 3.63) is 23.8 Å². The van der Waals surface area contributed by atoms with E-state index in [1.807, 2.05) is 32.0 Å². The molecule has 0 saturated heterocycles. The topological polar surface area (TPSA) is 81.2 Å². The van der Waals surface area contributed by atoms with Crippen LogP contribution in [-0.2, 0) is 16.1 Å². The summed E-state index contributed by atoms with van der Waals surface area (Å²) in [4.78, 5) is 16.2. The van der Waals surface area contributed by atoms with Gasteiger partial charge in [-0.2, -0.15) is 0 Å². The number of hydrogen-bond acceptors (Lipinski definition) is 5. The Morgan fingerprint density at radius 1 is 1.14 bits per heavy atom. The highest BCUT2D eigenvalue weighted by Gasteiger charge is 2.27. The van der Waals surface area contributed by atoms with Crippen molar-refractivity contribution in [3.63, 3.8) is 0 Å². The number of hydrogen-bond donors (Lipinski definition) is 2. The molecule has 1 fully saturated rings. The smallest absolute Gasteiger partial charge is 0.308 e. The van der Waals surface area contributed by atoms with Crippen molar-refractivity contribution in [1.29, 1.82) is 0 Å². The van der Waals surface area contributed by atoms with Crippen molar-refractivity contribution < 1.29 is 19.0 Å². The monoisotopic (exact) mass is 391 g/mol. The molecule has 0 aromatic heterocycles. The van der Waals surface area contributed by atoms with Crippen molar-refractivity contribution in [2.45, 2.75) is 52.1 Å². The number of nitrogens with zero attached hydrogens (tertiary/aromatic N) is 1. The lowest BCUT2D eigenvalue weighted by Crippen LogP contribution is -2.45. The van der Waals surface area contributed by atoms with Crippen LogP contribution in [-0.4, -0.2) is 45.3 Å². The fraction of sp³-hybridized carbons (Fsp3) is 0.619. The molecule has 2 N–H and O–H groups in total. The van der Waals surface area contributed by atoms with Gasteiger partial charge in [-0.15, -0.1) is 0 Å². The Bertz CT molecular complexity index is 655. The number of ether oxygens (including phenoxy) is 3. The molecule has 0 heterocycles. The van der Waals surface area contributed by atoms with E-state index in [0.29, 0.717) is 25.8 Å². The van der Waals surface area contributed by atoms with Gasteiger partial charge >= 0.3 is 5.97 Å². The number of guanidine groups is 1. The van der Waals surface area contributed by atoms with Crippen molar-refractivity contribution in [2.24, 2.45) is 10.9 Å². The van der Waals surface area contributed by atoms with Crippen LogP contribution in [0.2, 0.25) is 0 Å². The third kappa shape index (κ3) is 6.32. The first-order chi connectivity index (χ1) is 13.6. The number of carbonyl (C=O) groups is 1. The molecule has 0 radical (unpaired) electrons. The summed E-state index contributed by atoms with van der Waals surface area (Å²) in [5, 5.41) is 6.81. The summed E-state index contributed by atoms with van der Waals surface area (Å²) in [6.45, 7) is 5.46. The summed E-state index contributed by atoms with van der Waals surface area (Å²) in [5.41, 5.74) is 1.08. The first kappa shape index (κ1) is 21.9. The molecular weight excluding hydrogens is 358 g/mol. The Kier molecular flexibility index (Phi) is 8.91. The van der Waals surface area contributed by atoms with Crippen molar-refractivity contribution in [2.75, 3.05) is 27.4 Å². The van der Waals surface area contributed by atoms with Crippen LogP contribution >= 0.6 is 0 Å². The highest BCUT2D eigenvalue weighted by molar-refractivity contribution is 5.80. The summed E-state index contributed by atoms with van der Waals surface area (Å²) >= 11 is 0. The Hall–Kier alpha value is -2.44. The van der Waals surface area contributed by atoms with E-state index in [9.17, 15) is 4.79 Å². The summed E-state index contributed by atoms with van der Waals surface area (Å²) in [6, 6.07) is 6.21. The molecule has 0 bridgehead atoms. The van der Waals surface area contributed by atoms with E-state index in [-0.39, 0.29) is 11.9 Å². The number of benzene rings is 1. The molecule has 1 aliphatic rings. The van der Waals surface area contributed by atoms with Gasteiger partial charge in [-0.25, -0.2) is 0 Å². The quantitative estimate of drug-likeness (QED) is 0.403. The maximum absolute atomic E-state index is 11.9. The van der Waals surface area contributed by atoms with Gasteiger partial charge in [-0.1, -0.05) is 6.07 Å². The molecule has 156 valence electrons. The lowest BCUT2D eigenvalue weighted by molar-refractivity contribution is -0.149. The minimum atomic E-state index is -0.0620. The van der Waals surface area contributed by atoms with Crippen LogP contribution in [0.25, 0.3) is 0 Å². The molecule has 0 atom stereocenters. The Morgan fingerprint density at radius 3 is 2.50 bits per heavy atom. The Labute approximate surface area is 167 Å². The van der Waals surface area contributed by atoms with Gasteiger partial charge in [0.1, 0.15) is 0 Å². The molecular formula is C21H33N3O4. The van der Waals surface area contributed by atoms with Crippen LogP contribution in [0.5, 0.6) is 11.5 Å². The molecule has 1 aliphatic carbocycles. The average Bonchev–Trinajstić information content (AvgIpc) is 2.72. The van der Waals surface area contributed by atoms with Crippen LogP contribution in [0.3, 0.4) is 0 Å². The van der Waals surface area contributed by atoms with Gasteiger partial charge in [0.25, 0.3) is 0 Å². The van der Waals surface area contributed by atoms with Crippen LogP contribution in [0.1, 0.15) is 45.1 Å². The second-order valence-corrected chi connectivity index (χ2v) is 6.79. The largest absolute Gasteiger partial charge is 0.493 e. The van der Waals surface area contributed by atoms with Crippen LogP contribution in [0.15, 0.2) is 23.2 Å². The van der Waals surface area contributed by atoms with Crippen LogP contribution < -0.4 is 20.1 Å². The van der Waals surface area contributed by atoms with Gasteiger partial charge in [0.05, 0.1) is 26.2 Å². The van der Waals surface area contributed by atoms with Gasteiger partial charge in [0, 0.05) is 19.6 Å². The summed E-state index contributed by atoms with van der Waals surface area (Å²) in [5.74, 6) is 2.20. The predicted molar refractivity (Wildman–Crippen MR) is 110 cm³/mol. The van der Waals surface area contributed by atoms with Crippen molar-refractivity contribution in [1.82, 2.24) is 10.6 Å². The zero-order valence-corrected chi connectivity index (χ0v) is 17.4. The van der Waals surface area contributed by atoms with Gasteiger partial charge in [0.2, 0.25) is 0 Å². The first-order valence-corrected chi connectivity index (χ1v) is 10.0. The minimum Gasteiger partial charge on any atom is -0.493 e. The maximum atomic E-state index is 11.9. The molecule has 28 heavy (non-hydrogen) atoms. The van der Waals surface area contributed by atoms with E-state index in [1.165, 1.54) is 0 Å². The molecule has 0 aliphatic heterocycles. The van der Waals surface area contributed by atoms with Crippen LogP contribution in [0, 0.1) is 5.92 Å². The highest BCUT2D eigenvalue weighted by atomic mass is 16.5. The zero-order chi connectivity index (χ0) is 20.4. The molecule has 1 saturated carbocycles. The van der Waals surface area contributed by atoms with E-state index >= 15 is 0 Å². The molecule has 2 rings (SSSR count). The molecule has 0 amide bonds. The van der Waals surface area contributed by atoms with Gasteiger partial charge in [-0.05, 0) is 57.2 Å². The summed E-state index contributed by atoms with van der Waals surface area (Å²) in [7, 11) is 3.40. The summed E-state index contributed by atoms with van der Waals surface area (Å²) < 4.78 is 16.1. The Morgan fingerprint density at radius 2 is 1.89 bits per heavy atom. The minimum absolute atomic E-state index is 0.0317. The molecule has 0 spiro atoms. The standard InChI is InChI=1S/C21H33N3O4/c1-5-27-19-13-15(7-12-18(19)26-4)14-23-21(22-3)24-17-10-8-16(9-11-17)20(25)28-6-2/h7,12-13,16-17H,5-6,8-11,14H2,1-4H3,(H2,22,23,24). The SMILES string of the molecule is CCOC(=O)C1CCC(NC(=NC)NCc2ccc(OC)c(OCC)c2)CC1.